The molecule has 0 radical (unpaired) electrons. The third kappa shape index (κ3) is 10.4. The van der Waals surface area contributed by atoms with Gasteiger partial charge in [-0.05, 0) is 71.3 Å². The van der Waals surface area contributed by atoms with Crippen molar-refractivity contribution in [1.82, 2.24) is 15.0 Å². The third-order valence-corrected chi connectivity index (χ3v) is 9.11. The molecule has 4 aromatic carbocycles. The number of hydrogen-bond acceptors (Lipinski definition) is 16. The van der Waals surface area contributed by atoms with E-state index >= 15 is 0 Å². The van der Waals surface area contributed by atoms with Gasteiger partial charge in [0.15, 0.2) is 0 Å². The van der Waals surface area contributed by atoms with E-state index in [2.05, 4.69) is 35.8 Å². The molecular weight excluding hydrogens is 771 g/mol. The Morgan fingerprint density at radius 2 is 1.26 bits per heavy atom. The van der Waals surface area contributed by atoms with E-state index in [1.165, 1.54) is 12.1 Å². The molecule has 0 atom stereocenters. The molecule has 24 heteroatoms. The Morgan fingerprint density at radius 3 is 1.84 bits per heavy atom. The molecule has 0 saturated carbocycles. The summed E-state index contributed by atoms with van der Waals surface area (Å²) in [4.78, 5) is 8.98. The molecule has 5 aromatic rings. The van der Waals surface area contributed by atoms with Gasteiger partial charge in [-0.2, -0.15) is 23.4 Å². The molecule has 5 rings (SSSR count). The molecule has 244 valence electrons. The number of hydrogen-bond donors (Lipinski definition) is 3. The minimum absolute atomic E-state index is 0. The quantitative estimate of drug-likeness (QED) is 0.0717. The molecule has 50 heavy (non-hydrogen) atoms. The molecule has 1 aromatic heterocycles. The minimum atomic E-state index is -5.33. The number of azo groups is 1. The number of benzene rings is 4. The second-order valence-corrected chi connectivity index (χ2v) is 13.9. The second kappa shape index (κ2) is 17.3. The van der Waals surface area contributed by atoms with Crippen molar-refractivity contribution in [2.75, 3.05) is 10.6 Å². The molecule has 0 saturated heterocycles. The predicted molar refractivity (Wildman–Crippen MR) is 162 cm³/mol. The van der Waals surface area contributed by atoms with E-state index in [9.17, 15) is 44.0 Å². The molecular formula is C26H17ClN7Na3O10S3. The summed E-state index contributed by atoms with van der Waals surface area (Å²) in [6.45, 7) is 1.80. The zero-order chi connectivity index (χ0) is 34.3. The van der Waals surface area contributed by atoms with E-state index in [0.29, 0.717) is 17.8 Å². The Hall–Kier alpha value is -1.83. The average Bonchev–Trinajstić information content (AvgIpc) is 2.96. The van der Waals surface area contributed by atoms with E-state index in [1.54, 1.807) is 31.2 Å². The molecule has 0 aliphatic carbocycles. The van der Waals surface area contributed by atoms with Crippen molar-refractivity contribution < 1.29 is 133 Å². The normalized spacial score (nSPS) is 11.7. The van der Waals surface area contributed by atoms with Gasteiger partial charge in [-0.15, -0.1) is 10.2 Å². The maximum Gasteiger partial charge on any atom is 1.00 e. The first-order valence-corrected chi connectivity index (χ1v) is 17.3. The van der Waals surface area contributed by atoms with Crippen molar-refractivity contribution in [1.29, 1.82) is 0 Å². The van der Waals surface area contributed by atoms with Crippen molar-refractivity contribution in [3.63, 3.8) is 0 Å². The van der Waals surface area contributed by atoms with Gasteiger partial charge in [0.25, 0.3) is 10.1 Å². The van der Waals surface area contributed by atoms with E-state index in [4.69, 9.17) is 11.6 Å². The molecule has 17 nitrogen and oxygen atoms in total. The fourth-order valence-corrected chi connectivity index (χ4v) is 6.30. The smallest absolute Gasteiger partial charge is 0.871 e. The number of anilines is 4. The Balaban J connectivity index is 0.00000289. The van der Waals surface area contributed by atoms with Crippen LogP contribution >= 0.6 is 11.6 Å². The summed E-state index contributed by atoms with van der Waals surface area (Å²) in [7, 11) is -15.7. The molecule has 0 aliphatic heterocycles. The van der Waals surface area contributed by atoms with Gasteiger partial charge < -0.3 is 24.8 Å². The number of fused-ring (bicyclic) bond motifs is 1. The summed E-state index contributed by atoms with van der Waals surface area (Å²) in [5.74, 6) is -1.71. The Labute approximate surface area is 356 Å². The van der Waals surface area contributed by atoms with Gasteiger partial charge in [-0.25, -0.2) is 16.8 Å². The van der Waals surface area contributed by atoms with Crippen LogP contribution in [-0.4, -0.2) is 53.9 Å². The van der Waals surface area contributed by atoms with Crippen LogP contribution in [0, 0.1) is 6.92 Å². The topological polar surface area (TPSA) is 279 Å². The van der Waals surface area contributed by atoms with E-state index < -0.39 is 78.6 Å². The average molecular weight is 788 g/mol. The number of halogens is 1. The number of rotatable bonds is 9. The number of para-hydroxylation sites is 1. The molecule has 0 amide bonds. The number of aromatic nitrogens is 3. The van der Waals surface area contributed by atoms with E-state index in [-0.39, 0.29) is 106 Å². The number of aryl methyl sites for hydroxylation is 1. The van der Waals surface area contributed by atoms with Crippen molar-refractivity contribution in [3.05, 3.63) is 77.6 Å². The van der Waals surface area contributed by atoms with Gasteiger partial charge in [-0.3, -0.25) is 4.55 Å². The predicted octanol–water partition coefficient (Wildman–Crippen LogP) is -4.97. The molecule has 1 heterocycles. The first-order chi connectivity index (χ1) is 21.9. The summed E-state index contributed by atoms with van der Waals surface area (Å²) in [6.07, 6.45) is 0. The van der Waals surface area contributed by atoms with Crippen LogP contribution < -0.4 is 104 Å². The van der Waals surface area contributed by atoms with Crippen molar-refractivity contribution in [2.45, 2.75) is 21.6 Å². The molecule has 0 spiro atoms. The molecule has 0 fully saturated rings. The SMILES string of the molecule is Cc1ccccc1Nc1nc(Cl)nc(Nc2cc3c([O-])c(N=Nc4ccccc4S(=O)(=O)[O-])c(S(=O)(=O)O)cc3cc2S(=O)(=O)[O-])n1.[Na+].[Na+].[Na+]. The molecule has 0 unspecified atom stereocenters. The van der Waals surface area contributed by atoms with Crippen LogP contribution in [0.5, 0.6) is 5.75 Å². The third-order valence-electron chi connectivity index (χ3n) is 6.32. The van der Waals surface area contributed by atoms with Crippen LogP contribution in [-0.2, 0) is 30.4 Å². The van der Waals surface area contributed by atoms with Crippen molar-refractivity contribution >= 4 is 87.4 Å². The largest absolute Gasteiger partial charge is 1.00 e. The number of nitrogens with one attached hydrogen (secondary N) is 2. The van der Waals surface area contributed by atoms with Crippen LogP contribution in [0.4, 0.5) is 34.6 Å². The van der Waals surface area contributed by atoms with Gasteiger partial charge >= 0.3 is 88.7 Å². The zero-order valence-electron chi connectivity index (χ0n) is 26.3. The van der Waals surface area contributed by atoms with Crippen molar-refractivity contribution in [3.8, 4) is 5.75 Å². The zero-order valence-corrected chi connectivity index (χ0v) is 35.5. The van der Waals surface area contributed by atoms with Gasteiger partial charge in [0.2, 0.25) is 17.2 Å². The summed E-state index contributed by atoms with van der Waals surface area (Å²) < 4.78 is 106. The summed E-state index contributed by atoms with van der Waals surface area (Å²) in [5.41, 5.74) is -0.725. The van der Waals surface area contributed by atoms with Gasteiger partial charge in [0.1, 0.15) is 30.8 Å². The second-order valence-electron chi connectivity index (χ2n) is 9.49. The minimum Gasteiger partial charge on any atom is -0.871 e. The van der Waals surface area contributed by atoms with Crippen LogP contribution in [0.2, 0.25) is 5.28 Å². The first-order valence-electron chi connectivity index (χ1n) is 12.6. The number of nitrogens with zero attached hydrogens (tertiary/aromatic N) is 5. The fourth-order valence-electron chi connectivity index (χ4n) is 4.23. The van der Waals surface area contributed by atoms with Crippen LogP contribution in [0.25, 0.3) is 10.8 Å². The van der Waals surface area contributed by atoms with E-state index in [1.807, 2.05) is 0 Å². The first kappa shape index (κ1) is 44.3. The maximum absolute atomic E-state index is 13.6. The van der Waals surface area contributed by atoms with Crippen molar-refractivity contribution in [2.24, 2.45) is 10.2 Å². The van der Waals surface area contributed by atoms with Crippen LogP contribution in [0.1, 0.15) is 5.56 Å². The Morgan fingerprint density at radius 1 is 0.720 bits per heavy atom. The molecule has 0 aliphatic rings. The van der Waals surface area contributed by atoms with Gasteiger partial charge in [0.05, 0.1) is 21.2 Å². The Kier molecular flexibility index (Phi) is 15.4. The van der Waals surface area contributed by atoms with Gasteiger partial charge in [-0.1, -0.05) is 36.1 Å². The molecule has 3 N–H and O–H groups in total. The Bertz CT molecular complexity index is 2460. The molecule has 0 bridgehead atoms. The van der Waals surface area contributed by atoms with Crippen LogP contribution in [0.15, 0.2) is 91.6 Å². The summed E-state index contributed by atoms with van der Waals surface area (Å²) in [5, 5.41) is 24.8. The monoisotopic (exact) mass is 787 g/mol. The summed E-state index contributed by atoms with van der Waals surface area (Å²) >= 11 is 6.04. The maximum atomic E-state index is 13.6. The summed E-state index contributed by atoms with van der Waals surface area (Å²) in [6, 6.07) is 13.7. The fraction of sp³-hybridized carbons (Fsp3) is 0.0385. The van der Waals surface area contributed by atoms with Gasteiger partial charge in [0, 0.05) is 5.69 Å². The standard InChI is InChI=1S/C26H20ClN7O10S3.3Na/c1-13-6-2-3-7-16(13)28-25-30-24(27)31-26(32-25)29-18-12-15-14(10-20(18)46(39,40)41)11-21(47(42,43)44)22(23(15)35)34-33-17-8-4-5-9-19(17)45(36,37)38;;;/h2-12,35H,1H3,(H,36,37,38)(H,39,40,41)(H,42,43,44)(H2,28,29,30,31,32);;;/q;3*+1/p-3. The van der Waals surface area contributed by atoms with E-state index in [0.717, 1.165) is 23.8 Å². The van der Waals surface area contributed by atoms with Crippen LogP contribution in [0.3, 0.4) is 0 Å².